The van der Waals surface area contributed by atoms with Crippen molar-refractivity contribution in [3.63, 3.8) is 0 Å². The van der Waals surface area contributed by atoms with Crippen LogP contribution in [0.4, 0.5) is 13.2 Å². The first-order valence-corrected chi connectivity index (χ1v) is 10.7. The van der Waals surface area contributed by atoms with Gasteiger partial charge in [0, 0.05) is 17.0 Å². The number of benzene rings is 3. The SMILES string of the molecule is Cc1ccc(-n2c(SCc3ccccc3C(F)(F)F)nnc2-c2cccc(C)c2)cc1. The molecule has 0 aliphatic rings. The van der Waals surface area contributed by atoms with Crippen molar-refractivity contribution in [3.05, 3.63) is 95.1 Å². The molecule has 0 N–H and O–H groups in total. The van der Waals surface area contributed by atoms with Gasteiger partial charge >= 0.3 is 6.18 Å². The van der Waals surface area contributed by atoms with E-state index in [2.05, 4.69) is 10.2 Å². The molecular weight excluding hydrogens is 419 g/mol. The molecule has 0 aliphatic carbocycles. The summed E-state index contributed by atoms with van der Waals surface area (Å²) in [5.74, 6) is 0.784. The summed E-state index contributed by atoms with van der Waals surface area (Å²) in [6.45, 7) is 4.00. The second-order valence-corrected chi connectivity index (χ2v) is 8.23. The van der Waals surface area contributed by atoms with E-state index in [1.54, 1.807) is 6.07 Å². The fourth-order valence-electron chi connectivity index (χ4n) is 3.33. The molecule has 4 aromatic rings. The lowest BCUT2D eigenvalue weighted by atomic mass is 10.1. The van der Waals surface area contributed by atoms with E-state index in [-0.39, 0.29) is 11.3 Å². The summed E-state index contributed by atoms with van der Waals surface area (Å²) in [5, 5.41) is 9.24. The van der Waals surface area contributed by atoms with Crippen LogP contribution in [-0.2, 0) is 11.9 Å². The third-order valence-corrected chi connectivity index (χ3v) is 5.86. The highest BCUT2D eigenvalue weighted by Gasteiger charge is 2.33. The predicted molar refractivity (Wildman–Crippen MR) is 117 cm³/mol. The highest BCUT2D eigenvalue weighted by Crippen LogP contribution is 2.36. The summed E-state index contributed by atoms with van der Waals surface area (Å²) in [4.78, 5) is 0. The van der Waals surface area contributed by atoms with Crippen molar-refractivity contribution < 1.29 is 13.2 Å². The molecule has 1 aromatic heterocycles. The molecule has 0 bridgehead atoms. The van der Waals surface area contributed by atoms with Crippen LogP contribution in [0.25, 0.3) is 17.1 Å². The van der Waals surface area contributed by atoms with Crippen molar-refractivity contribution in [1.82, 2.24) is 14.8 Å². The first-order valence-electron chi connectivity index (χ1n) is 9.70. The first kappa shape index (κ1) is 21.2. The molecule has 0 saturated heterocycles. The number of hydrogen-bond acceptors (Lipinski definition) is 3. The summed E-state index contributed by atoms with van der Waals surface area (Å²) in [7, 11) is 0. The molecule has 4 rings (SSSR count). The lowest BCUT2D eigenvalue weighted by molar-refractivity contribution is -0.138. The van der Waals surface area contributed by atoms with Gasteiger partial charge in [-0.3, -0.25) is 4.57 Å². The molecule has 0 fully saturated rings. The van der Waals surface area contributed by atoms with Crippen LogP contribution in [0, 0.1) is 13.8 Å². The Bertz CT molecular complexity index is 1200. The predicted octanol–water partition coefficient (Wildman–Crippen LogP) is 6.86. The van der Waals surface area contributed by atoms with E-state index in [0.29, 0.717) is 11.0 Å². The van der Waals surface area contributed by atoms with Gasteiger partial charge in [-0.25, -0.2) is 0 Å². The molecule has 158 valence electrons. The zero-order valence-electron chi connectivity index (χ0n) is 17.0. The Labute approximate surface area is 183 Å². The van der Waals surface area contributed by atoms with E-state index in [9.17, 15) is 13.2 Å². The Hall–Kier alpha value is -3.06. The third kappa shape index (κ3) is 4.66. The van der Waals surface area contributed by atoms with Crippen LogP contribution in [-0.4, -0.2) is 14.8 Å². The van der Waals surface area contributed by atoms with Gasteiger partial charge in [-0.1, -0.05) is 71.4 Å². The molecule has 3 aromatic carbocycles. The number of hydrogen-bond donors (Lipinski definition) is 0. The highest BCUT2D eigenvalue weighted by atomic mass is 32.2. The summed E-state index contributed by atoms with van der Waals surface area (Å²) >= 11 is 1.24. The molecule has 0 aliphatic heterocycles. The third-order valence-electron chi connectivity index (χ3n) is 4.88. The number of rotatable bonds is 5. The van der Waals surface area contributed by atoms with Crippen LogP contribution in [0.2, 0.25) is 0 Å². The number of nitrogens with zero attached hydrogens (tertiary/aromatic N) is 3. The van der Waals surface area contributed by atoms with Crippen molar-refractivity contribution in [1.29, 1.82) is 0 Å². The molecule has 7 heteroatoms. The Balaban J connectivity index is 1.75. The maximum atomic E-state index is 13.4. The first-order chi connectivity index (χ1) is 14.8. The summed E-state index contributed by atoms with van der Waals surface area (Å²) in [6, 6.07) is 21.5. The van der Waals surface area contributed by atoms with E-state index in [1.807, 2.05) is 66.9 Å². The van der Waals surface area contributed by atoms with Gasteiger partial charge in [-0.2, -0.15) is 13.2 Å². The summed E-state index contributed by atoms with van der Waals surface area (Å²) in [5.41, 5.74) is 3.55. The maximum absolute atomic E-state index is 13.4. The topological polar surface area (TPSA) is 30.7 Å². The average Bonchev–Trinajstić information content (AvgIpc) is 3.16. The van der Waals surface area contributed by atoms with Gasteiger partial charge in [0.2, 0.25) is 0 Å². The van der Waals surface area contributed by atoms with Crippen LogP contribution in [0.5, 0.6) is 0 Å². The van der Waals surface area contributed by atoms with E-state index >= 15 is 0 Å². The zero-order chi connectivity index (χ0) is 22.0. The molecule has 0 unspecified atom stereocenters. The smallest absolute Gasteiger partial charge is 0.270 e. The number of halogens is 3. The number of aryl methyl sites for hydroxylation is 2. The molecular formula is C24H20F3N3S. The second-order valence-electron chi connectivity index (χ2n) is 7.29. The van der Waals surface area contributed by atoms with Gasteiger partial charge in [-0.15, -0.1) is 10.2 Å². The zero-order valence-corrected chi connectivity index (χ0v) is 17.8. The van der Waals surface area contributed by atoms with Gasteiger partial charge in [0.1, 0.15) is 0 Å². The normalized spacial score (nSPS) is 11.6. The summed E-state index contributed by atoms with van der Waals surface area (Å²) in [6.07, 6.45) is -4.39. The van der Waals surface area contributed by atoms with Crippen molar-refractivity contribution in [2.24, 2.45) is 0 Å². The lowest BCUT2D eigenvalue weighted by Crippen LogP contribution is -2.08. The Morgan fingerprint density at radius 3 is 2.29 bits per heavy atom. The van der Waals surface area contributed by atoms with E-state index in [4.69, 9.17) is 0 Å². The molecule has 0 atom stereocenters. The number of aromatic nitrogens is 3. The van der Waals surface area contributed by atoms with Crippen LogP contribution >= 0.6 is 11.8 Å². The fraction of sp³-hybridized carbons (Fsp3) is 0.167. The Morgan fingerprint density at radius 1 is 0.839 bits per heavy atom. The van der Waals surface area contributed by atoms with Gasteiger partial charge < -0.3 is 0 Å². The standard InChI is InChI=1S/C24H20F3N3S/c1-16-10-12-20(13-11-16)30-22(18-8-5-6-17(2)14-18)28-29-23(30)31-15-19-7-3-4-9-21(19)24(25,26)27/h3-14H,15H2,1-2H3. The molecule has 3 nitrogen and oxygen atoms in total. The minimum absolute atomic E-state index is 0.132. The maximum Gasteiger partial charge on any atom is 0.416 e. The van der Waals surface area contributed by atoms with Gasteiger partial charge in [0.05, 0.1) is 5.56 Å². The second kappa shape index (κ2) is 8.59. The Morgan fingerprint density at radius 2 is 1.58 bits per heavy atom. The molecule has 31 heavy (non-hydrogen) atoms. The molecule has 0 amide bonds. The average molecular weight is 440 g/mol. The van der Waals surface area contributed by atoms with Crippen LogP contribution in [0.15, 0.2) is 78.0 Å². The minimum atomic E-state index is -4.39. The van der Waals surface area contributed by atoms with E-state index in [1.165, 1.54) is 23.9 Å². The van der Waals surface area contributed by atoms with Crippen molar-refractivity contribution in [3.8, 4) is 17.1 Å². The van der Waals surface area contributed by atoms with Crippen LogP contribution in [0.1, 0.15) is 22.3 Å². The van der Waals surface area contributed by atoms with E-state index in [0.717, 1.165) is 28.4 Å². The monoisotopic (exact) mass is 439 g/mol. The minimum Gasteiger partial charge on any atom is -0.270 e. The Kier molecular flexibility index (Phi) is 5.87. The lowest BCUT2D eigenvalue weighted by Gasteiger charge is -2.13. The van der Waals surface area contributed by atoms with Crippen molar-refractivity contribution in [2.45, 2.75) is 30.9 Å². The highest BCUT2D eigenvalue weighted by molar-refractivity contribution is 7.98. The molecule has 0 radical (unpaired) electrons. The number of alkyl halides is 3. The van der Waals surface area contributed by atoms with Crippen molar-refractivity contribution in [2.75, 3.05) is 0 Å². The van der Waals surface area contributed by atoms with Gasteiger partial charge in [0.15, 0.2) is 11.0 Å². The van der Waals surface area contributed by atoms with Gasteiger partial charge in [0.25, 0.3) is 0 Å². The quantitative estimate of drug-likeness (QED) is 0.318. The van der Waals surface area contributed by atoms with Gasteiger partial charge in [-0.05, 0) is 43.7 Å². The number of thioether (sulfide) groups is 1. The van der Waals surface area contributed by atoms with Crippen LogP contribution in [0.3, 0.4) is 0 Å². The van der Waals surface area contributed by atoms with Crippen molar-refractivity contribution >= 4 is 11.8 Å². The van der Waals surface area contributed by atoms with Crippen LogP contribution < -0.4 is 0 Å². The molecule has 1 heterocycles. The molecule has 0 saturated carbocycles. The largest absolute Gasteiger partial charge is 0.416 e. The molecule has 0 spiro atoms. The fourth-order valence-corrected chi connectivity index (χ4v) is 4.28. The van der Waals surface area contributed by atoms with E-state index < -0.39 is 11.7 Å². The summed E-state index contributed by atoms with van der Waals surface area (Å²) < 4.78 is 42.0.